The summed E-state index contributed by atoms with van der Waals surface area (Å²) in [6, 6.07) is 8.22. The molecule has 2 aliphatic rings. The molecule has 142 valence electrons. The molecular formula is C20H25N5O2. The van der Waals surface area contributed by atoms with Gasteiger partial charge in [-0.2, -0.15) is 5.10 Å². The quantitative estimate of drug-likeness (QED) is 0.872. The molecule has 0 fully saturated rings. The van der Waals surface area contributed by atoms with Crippen LogP contribution in [0.4, 0.5) is 0 Å². The lowest BCUT2D eigenvalue weighted by Crippen LogP contribution is -2.50. The summed E-state index contributed by atoms with van der Waals surface area (Å²) in [7, 11) is 1.82. The third kappa shape index (κ3) is 3.12. The van der Waals surface area contributed by atoms with Crippen LogP contribution in [0.15, 0.2) is 24.3 Å². The van der Waals surface area contributed by atoms with Gasteiger partial charge in [-0.25, -0.2) is 0 Å². The van der Waals surface area contributed by atoms with Crippen molar-refractivity contribution in [2.24, 2.45) is 12.8 Å². The number of carbonyl (C=O) groups excluding carboxylic acids is 2. The first-order valence-electron chi connectivity index (χ1n) is 9.40. The molecule has 2 aliphatic heterocycles. The molecule has 2 amide bonds. The summed E-state index contributed by atoms with van der Waals surface area (Å²) in [5, 5.41) is 4.24. The van der Waals surface area contributed by atoms with Gasteiger partial charge in [-0.1, -0.05) is 24.3 Å². The summed E-state index contributed by atoms with van der Waals surface area (Å²) in [5.41, 5.74) is 10.2. The highest BCUT2D eigenvalue weighted by Gasteiger charge is 2.33. The smallest absolute Gasteiger partial charge is 0.269 e. The molecule has 4 rings (SSSR count). The molecule has 0 spiro atoms. The van der Waals surface area contributed by atoms with E-state index < -0.39 is 5.91 Å². The molecule has 3 heterocycles. The van der Waals surface area contributed by atoms with Crippen molar-refractivity contribution in [1.82, 2.24) is 19.6 Å². The van der Waals surface area contributed by atoms with Gasteiger partial charge in [0.15, 0.2) is 5.69 Å². The largest absolute Gasteiger partial charge is 0.364 e. The number of benzene rings is 1. The number of nitrogens with zero attached hydrogens (tertiary/aromatic N) is 4. The van der Waals surface area contributed by atoms with E-state index in [-0.39, 0.29) is 17.6 Å². The van der Waals surface area contributed by atoms with Gasteiger partial charge in [-0.05, 0) is 24.5 Å². The monoisotopic (exact) mass is 367 g/mol. The van der Waals surface area contributed by atoms with Crippen LogP contribution < -0.4 is 5.73 Å². The molecule has 7 heteroatoms. The maximum atomic E-state index is 13.1. The summed E-state index contributed by atoms with van der Waals surface area (Å²) < 4.78 is 1.71. The second-order valence-electron chi connectivity index (χ2n) is 7.44. The normalized spacial score (nSPS) is 17.9. The van der Waals surface area contributed by atoms with E-state index in [1.165, 1.54) is 11.1 Å². The lowest BCUT2D eigenvalue weighted by atomic mass is 9.98. The Labute approximate surface area is 158 Å². The molecule has 27 heavy (non-hydrogen) atoms. The average molecular weight is 367 g/mol. The summed E-state index contributed by atoms with van der Waals surface area (Å²) >= 11 is 0. The first kappa shape index (κ1) is 17.7. The molecule has 1 unspecified atom stereocenters. The topological polar surface area (TPSA) is 84.5 Å². The molecule has 1 atom stereocenters. The Morgan fingerprint density at radius 3 is 2.59 bits per heavy atom. The molecule has 0 bridgehead atoms. The van der Waals surface area contributed by atoms with E-state index in [2.05, 4.69) is 34.3 Å². The Hall–Kier alpha value is -2.67. The Bertz CT molecular complexity index is 904. The molecular weight excluding hydrogens is 342 g/mol. The number of hydrogen-bond donors (Lipinski definition) is 1. The van der Waals surface area contributed by atoms with Gasteiger partial charge >= 0.3 is 0 Å². The van der Waals surface area contributed by atoms with Crippen LogP contribution in [-0.4, -0.2) is 50.5 Å². The molecule has 0 saturated heterocycles. The Morgan fingerprint density at radius 2 is 1.85 bits per heavy atom. The predicted octanol–water partition coefficient (Wildman–Crippen LogP) is 0.851. The highest BCUT2D eigenvalue weighted by atomic mass is 16.2. The number of rotatable bonds is 3. The van der Waals surface area contributed by atoms with Crippen LogP contribution in [0.1, 0.15) is 39.8 Å². The van der Waals surface area contributed by atoms with Crippen molar-refractivity contribution in [3.05, 3.63) is 52.3 Å². The van der Waals surface area contributed by atoms with Gasteiger partial charge in [0.25, 0.3) is 5.91 Å². The van der Waals surface area contributed by atoms with Gasteiger partial charge < -0.3 is 10.6 Å². The Morgan fingerprint density at radius 1 is 1.11 bits per heavy atom. The molecule has 0 aliphatic carbocycles. The summed E-state index contributed by atoms with van der Waals surface area (Å²) in [6.45, 7) is 4.68. The van der Waals surface area contributed by atoms with Gasteiger partial charge in [0, 0.05) is 50.9 Å². The summed E-state index contributed by atoms with van der Waals surface area (Å²) in [6.07, 6.45) is 1.65. The minimum atomic E-state index is -0.540. The van der Waals surface area contributed by atoms with Crippen LogP contribution in [0.25, 0.3) is 0 Å². The van der Waals surface area contributed by atoms with Crippen molar-refractivity contribution in [3.63, 3.8) is 0 Å². The summed E-state index contributed by atoms with van der Waals surface area (Å²) in [4.78, 5) is 28.9. The third-order valence-corrected chi connectivity index (χ3v) is 5.85. The Balaban J connectivity index is 1.50. The van der Waals surface area contributed by atoms with E-state index in [1.807, 2.05) is 18.9 Å². The van der Waals surface area contributed by atoms with Crippen molar-refractivity contribution < 1.29 is 9.59 Å². The predicted molar refractivity (Wildman–Crippen MR) is 101 cm³/mol. The van der Waals surface area contributed by atoms with Crippen molar-refractivity contribution in [2.75, 3.05) is 13.1 Å². The number of aryl methyl sites for hydroxylation is 1. The van der Waals surface area contributed by atoms with Crippen LogP contribution in [0.3, 0.4) is 0 Å². The molecule has 0 saturated carbocycles. The van der Waals surface area contributed by atoms with E-state index in [0.29, 0.717) is 19.5 Å². The summed E-state index contributed by atoms with van der Waals surface area (Å²) in [5.74, 6) is -0.443. The molecule has 7 nitrogen and oxygen atoms in total. The van der Waals surface area contributed by atoms with E-state index in [4.69, 9.17) is 5.73 Å². The lowest BCUT2D eigenvalue weighted by molar-refractivity contribution is -0.137. The van der Waals surface area contributed by atoms with Gasteiger partial charge in [0.1, 0.15) is 0 Å². The zero-order chi connectivity index (χ0) is 19.1. The number of nitrogens with two attached hydrogens (primary N) is 1. The average Bonchev–Trinajstić information content (AvgIpc) is 3.03. The fraction of sp³-hybridized carbons (Fsp3) is 0.450. The second-order valence-corrected chi connectivity index (χ2v) is 7.44. The zero-order valence-electron chi connectivity index (χ0n) is 15.8. The highest BCUT2D eigenvalue weighted by Crippen LogP contribution is 2.25. The second kappa shape index (κ2) is 6.81. The van der Waals surface area contributed by atoms with Crippen molar-refractivity contribution in [2.45, 2.75) is 38.9 Å². The van der Waals surface area contributed by atoms with Crippen molar-refractivity contribution in [3.8, 4) is 0 Å². The fourth-order valence-electron chi connectivity index (χ4n) is 4.25. The maximum Gasteiger partial charge on any atom is 0.269 e. The van der Waals surface area contributed by atoms with E-state index in [1.54, 1.807) is 4.68 Å². The highest BCUT2D eigenvalue weighted by molar-refractivity contribution is 5.93. The van der Waals surface area contributed by atoms with Crippen LogP contribution in [0.5, 0.6) is 0 Å². The van der Waals surface area contributed by atoms with Gasteiger partial charge in [0.2, 0.25) is 5.91 Å². The SMILES string of the molecule is CC(C(=O)N1CCc2c(c(C(N)=O)nn2C)C1)N1CCc2ccccc2C1. The third-order valence-electron chi connectivity index (χ3n) is 5.85. The number of hydrogen-bond acceptors (Lipinski definition) is 4. The fourth-order valence-corrected chi connectivity index (χ4v) is 4.25. The van der Waals surface area contributed by atoms with E-state index in [0.717, 1.165) is 30.8 Å². The number of primary amides is 1. The van der Waals surface area contributed by atoms with E-state index in [9.17, 15) is 9.59 Å². The minimum absolute atomic E-state index is 0.0966. The Kier molecular flexibility index (Phi) is 4.47. The lowest BCUT2D eigenvalue weighted by Gasteiger charge is -2.37. The van der Waals surface area contributed by atoms with Gasteiger partial charge in [0.05, 0.1) is 6.04 Å². The number of carbonyl (C=O) groups is 2. The molecule has 1 aromatic carbocycles. The maximum absolute atomic E-state index is 13.1. The number of aromatic nitrogens is 2. The van der Waals surface area contributed by atoms with Gasteiger partial charge in [-0.3, -0.25) is 19.2 Å². The van der Waals surface area contributed by atoms with Crippen LogP contribution in [0, 0.1) is 0 Å². The molecule has 2 aromatic rings. The van der Waals surface area contributed by atoms with Crippen LogP contribution in [-0.2, 0) is 37.8 Å². The van der Waals surface area contributed by atoms with Crippen molar-refractivity contribution >= 4 is 11.8 Å². The first-order valence-corrected chi connectivity index (χ1v) is 9.40. The number of amides is 2. The van der Waals surface area contributed by atoms with Gasteiger partial charge in [-0.15, -0.1) is 0 Å². The first-order chi connectivity index (χ1) is 13.0. The van der Waals surface area contributed by atoms with Crippen LogP contribution >= 0.6 is 0 Å². The molecule has 2 N–H and O–H groups in total. The van der Waals surface area contributed by atoms with Crippen molar-refractivity contribution in [1.29, 1.82) is 0 Å². The zero-order valence-corrected chi connectivity index (χ0v) is 15.8. The van der Waals surface area contributed by atoms with E-state index >= 15 is 0 Å². The number of fused-ring (bicyclic) bond motifs is 2. The van der Waals surface area contributed by atoms with Crippen LogP contribution in [0.2, 0.25) is 0 Å². The molecule has 0 radical (unpaired) electrons. The molecule has 1 aromatic heterocycles. The minimum Gasteiger partial charge on any atom is -0.364 e. The standard InChI is InChI=1S/C20H25N5O2/c1-13(24-9-7-14-5-3-4-6-15(14)11-24)20(27)25-10-8-17-16(12-25)18(19(21)26)22-23(17)2/h3-6,13H,7-12H2,1-2H3,(H2,21,26).